The molecule has 0 fully saturated rings. The quantitative estimate of drug-likeness (QED) is 0.770. The number of aliphatic carboxylic acids is 1. The second-order valence-corrected chi connectivity index (χ2v) is 3.85. The van der Waals surface area contributed by atoms with Crippen LogP contribution in [0.3, 0.4) is 0 Å². The first kappa shape index (κ1) is 13.2. The summed E-state index contributed by atoms with van der Waals surface area (Å²) in [5.41, 5.74) is 1.49. The number of hydrogen-bond donors (Lipinski definition) is 1. The van der Waals surface area contributed by atoms with Crippen molar-refractivity contribution >= 4 is 11.8 Å². The maximum absolute atomic E-state index is 11.9. The molecule has 4 nitrogen and oxygen atoms in total. The van der Waals surface area contributed by atoms with E-state index in [0.29, 0.717) is 17.7 Å². The van der Waals surface area contributed by atoms with Crippen molar-refractivity contribution in [2.45, 2.75) is 26.2 Å². The number of benzene rings is 1. The molecule has 0 aliphatic heterocycles. The van der Waals surface area contributed by atoms with E-state index in [9.17, 15) is 9.59 Å². The Morgan fingerprint density at radius 1 is 1.29 bits per heavy atom. The first-order valence-electron chi connectivity index (χ1n) is 5.44. The molecule has 1 N–H and O–H groups in total. The van der Waals surface area contributed by atoms with E-state index in [4.69, 9.17) is 9.84 Å². The molecular weight excluding hydrogens is 220 g/mol. The van der Waals surface area contributed by atoms with Gasteiger partial charge >= 0.3 is 5.97 Å². The van der Waals surface area contributed by atoms with Gasteiger partial charge in [0.25, 0.3) is 0 Å². The van der Waals surface area contributed by atoms with Crippen LogP contribution in [0, 0.1) is 6.92 Å². The zero-order valence-corrected chi connectivity index (χ0v) is 10.0. The fraction of sp³-hybridized carbons (Fsp3) is 0.385. The van der Waals surface area contributed by atoms with Crippen molar-refractivity contribution in [1.29, 1.82) is 0 Å². The summed E-state index contributed by atoms with van der Waals surface area (Å²) in [5.74, 6) is -0.278. The maximum Gasteiger partial charge on any atom is 0.303 e. The van der Waals surface area contributed by atoms with Crippen molar-refractivity contribution in [2.24, 2.45) is 0 Å². The molecule has 1 aromatic carbocycles. The Morgan fingerprint density at radius 3 is 2.59 bits per heavy atom. The summed E-state index contributed by atoms with van der Waals surface area (Å²) in [6, 6.07) is 5.31. The van der Waals surface area contributed by atoms with Crippen molar-refractivity contribution < 1.29 is 19.4 Å². The molecule has 0 heterocycles. The Balaban J connectivity index is 2.70. The van der Waals surface area contributed by atoms with E-state index in [1.54, 1.807) is 19.2 Å². The molecule has 1 rings (SSSR count). The second-order valence-electron chi connectivity index (χ2n) is 3.85. The standard InChI is InChI=1S/C13H16O4/c1-9-6-7-10(17-2)8-11(9)12(14)4-3-5-13(15)16/h6-8H,3-5H2,1-2H3,(H,15,16). The van der Waals surface area contributed by atoms with E-state index < -0.39 is 5.97 Å². The predicted molar refractivity (Wildman–Crippen MR) is 63.5 cm³/mol. The van der Waals surface area contributed by atoms with E-state index in [1.807, 2.05) is 13.0 Å². The molecule has 1 aromatic rings. The summed E-state index contributed by atoms with van der Waals surface area (Å²) in [5, 5.41) is 8.50. The van der Waals surface area contributed by atoms with Gasteiger partial charge < -0.3 is 9.84 Å². The van der Waals surface area contributed by atoms with E-state index >= 15 is 0 Å². The van der Waals surface area contributed by atoms with E-state index in [0.717, 1.165) is 5.56 Å². The predicted octanol–water partition coefficient (Wildman–Crippen LogP) is 2.44. The summed E-state index contributed by atoms with van der Waals surface area (Å²) >= 11 is 0. The number of carbonyl (C=O) groups excluding carboxylic acids is 1. The Hall–Kier alpha value is -1.84. The molecule has 0 saturated heterocycles. The summed E-state index contributed by atoms with van der Waals surface area (Å²) in [4.78, 5) is 22.2. The number of hydrogen-bond acceptors (Lipinski definition) is 3. The van der Waals surface area contributed by atoms with Crippen LogP contribution >= 0.6 is 0 Å². The molecule has 0 aliphatic rings. The second kappa shape index (κ2) is 6.03. The fourth-order valence-electron chi connectivity index (χ4n) is 1.56. The van der Waals surface area contributed by atoms with E-state index in [2.05, 4.69) is 0 Å². The number of carboxylic acids is 1. The lowest BCUT2D eigenvalue weighted by Crippen LogP contribution is -2.04. The highest BCUT2D eigenvalue weighted by Crippen LogP contribution is 2.19. The molecule has 0 radical (unpaired) electrons. The largest absolute Gasteiger partial charge is 0.497 e. The topological polar surface area (TPSA) is 63.6 Å². The highest BCUT2D eigenvalue weighted by molar-refractivity contribution is 5.97. The van der Waals surface area contributed by atoms with Crippen LogP contribution in [-0.2, 0) is 4.79 Å². The van der Waals surface area contributed by atoms with Crippen molar-refractivity contribution in [1.82, 2.24) is 0 Å². The SMILES string of the molecule is COc1ccc(C)c(C(=O)CCCC(=O)O)c1. The molecule has 0 atom stereocenters. The van der Waals surface area contributed by atoms with Crippen LogP contribution in [0.4, 0.5) is 0 Å². The van der Waals surface area contributed by atoms with Crippen LogP contribution in [0.2, 0.25) is 0 Å². The third-order valence-electron chi connectivity index (χ3n) is 2.54. The van der Waals surface area contributed by atoms with Crippen molar-refractivity contribution in [3.63, 3.8) is 0 Å². The van der Waals surface area contributed by atoms with Crippen LogP contribution in [0.5, 0.6) is 5.75 Å². The highest BCUT2D eigenvalue weighted by Gasteiger charge is 2.10. The number of carbonyl (C=O) groups is 2. The van der Waals surface area contributed by atoms with Gasteiger partial charge in [0.05, 0.1) is 7.11 Å². The lowest BCUT2D eigenvalue weighted by atomic mass is 10.0. The van der Waals surface area contributed by atoms with Crippen molar-refractivity contribution in [3.8, 4) is 5.75 Å². The minimum absolute atomic E-state index is 0.0226. The summed E-state index contributed by atoms with van der Waals surface area (Å²) < 4.78 is 5.06. The molecule has 0 spiro atoms. The Bertz CT molecular complexity index is 423. The Labute approximate surface area is 100 Å². The van der Waals surface area contributed by atoms with Crippen molar-refractivity contribution in [2.75, 3.05) is 7.11 Å². The first-order chi connectivity index (χ1) is 8.04. The van der Waals surface area contributed by atoms with Gasteiger partial charge in [-0.05, 0) is 31.0 Å². The molecule has 92 valence electrons. The molecule has 0 bridgehead atoms. The number of ether oxygens (including phenoxy) is 1. The molecule has 0 aliphatic carbocycles. The number of ketones is 1. The van der Waals surface area contributed by atoms with Gasteiger partial charge in [0, 0.05) is 18.4 Å². The molecule has 0 saturated carbocycles. The van der Waals surface area contributed by atoms with E-state index in [-0.39, 0.29) is 18.6 Å². The summed E-state index contributed by atoms with van der Waals surface area (Å²) in [6.45, 7) is 1.85. The minimum Gasteiger partial charge on any atom is -0.497 e. The van der Waals surface area contributed by atoms with Crippen LogP contribution in [0.1, 0.15) is 35.2 Å². The number of rotatable bonds is 6. The monoisotopic (exact) mass is 236 g/mol. The molecule has 0 aromatic heterocycles. The van der Waals surface area contributed by atoms with Gasteiger partial charge in [-0.2, -0.15) is 0 Å². The Morgan fingerprint density at radius 2 is 2.00 bits per heavy atom. The van der Waals surface area contributed by atoms with Gasteiger partial charge in [-0.25, -0.2) is 0 Å². The number of carboxylic acid groups (broad SMARTS) is 1. The zero-order valence-electron chi connectivity index (χ0n) is 10.0. The van der Waals surface area contributed by atoms with Crippen molar-refractivity contribution in [3.05, 3.63) is 29.3 Å². The zero-order chi connectivity index (χ0) is 12.8. The Kier molecular flexibility index (Phi) is 4.69. The lowest BCUT2D eigenvalue weighted by molar-refractivity contribution is -0.137. The van der Waals surface area contributed by atoms with Crippen LogP contribution in [0.15, 0.2) is 18.2 Å². The average Bonchev–Trinajstić information content (AvgIpc) is 2.29. The molecule has 4 heteroatoms. The summed E-state index contributed by atoms with van der Waals surface area (Å²) in [7, 11) is 1.54. The van der Waals surface area contributed by atoms with Gasteiger partial charge in [-0.15, -0.1) is 0 Å². The smallest absolute Gasteiger partial charge is 0.303 e. The lowest BCUT2D eigenvalue weighted by Gasteiger charge is -2.07. The molecule has 0 unspecified atom stereocenters. The third kappa shape index (κ3) is 3.90. The van der Waals surface area contributed by atoms with Gasteiger partial charge in [-0.1, -0.05) is 6.07 Å². The molecule has 0 amide bonds. The fourth-order valence-corrected chi connectivity index (χ4v) is 1.56. The minimum atomic E-state index is -0.875. The van der Waals surface area contributed by atoms with Crippen LogP contribution in [-0.4, -0.2) is 24.0 Å². The first-order valence-corrected chi connectivity index (χ1v) is 5.44. The third-order valence-corrected chi connectivity index (χ3v) is 2.54. The molecular formula is C13H16O4. The van der Waals surface area contributed by atoms with Gasteiger partial charge in [0.2, 0.25) is 0 Å². The highest BCUT2D eigenvalue weighted by atomic mass is 16.5. The molecule has 17 heavy (non-hydrogen) atoms. The van der Waals surface area contributed by atoms with E-state index in [1.165, 1.54) is 0 Å². The van der Waals surface area contributed by atoms with Crippen LogP contribution < -0.4 is 4.74 Å². The normalized spacial score (nSPS) is 10.0. The summed E-state index contributed by atoms with van der Waals surface area (Å²) in [6.07, 6.45) is 0.639. The van der Waals surface area contributed by atoms with Gasteiger partial charge in [-0.3, -0.25) is 9.59 Å². The maximum atomic E-state index is 11.9. The average molecular weight is 236 g/mol. The van der Waals surface area contributed by atoms with Gasteiger partial charge in [0.1, 0.15) is 5.75 Å². The van der Waals surface area contributed by atoms with Crippen LogP contribution in [0.25, 0.3) is 0 Å². The number of methoxy groups -OCH3 is 1. The number of Topliss-reactive ketones (excluding diaryl/α,β-unsaturated/α-hetero) is 1. The van der Waals surface area contributed by atoms with Gasteiger partial charge in [0.15, 0.2) is 5.78 Å². The number of aryl methyl sites for hydroxylation is 1.